The lowest BCUT2D eigenvalue weighted by Gasteiger charge is -2.15. The van der Waals surface area contributed by atoms with Crippen molar-refractivity contribution in [2.75, 3.05) is 20.2 Å². The maximum Gasteiger partial charge on any atom is 0.213 e. The summed E-state index contributed by atoms with van der Waals surface area (Å²) in [5.74, 6) is 1.89. The molecule has 2 aromatic rings. The van der Waals surface area contributed by atoms with Crippen LogP contribution in [-0.2, 0) is 6.54 Å². The first-order valence-corrected chi connectivity index (χ1v) is 8.70. The molecule has 2 rings (SSSR count). The predicted octanol–water partition coefficient (Wildman–Crippen LogP) is 3.01. The third-order valence-corrected chi connectivity index (χ3v) is 4.16. The minimum atomic E-state index is 0.450. The largest absolute Gasteiger partial charge is 0.481 e. The van der Waals surface area contributed by atoms with Gasteiger partial charge in [0.15, 0.2) is 5.96 Å². The van der Waals surface area contributed by atoms with Gasteiger partial charge in [0.2, 0.25) is 5.88 Å². The maximum absolute atomic E-state index is 5.14. The molecular weight excluding hydrogens is 308 g/mol. The molecule has 124 valence electrons. The summed E-state index contributed by atoms with van der Waals surface area (Å²) >= 11 is 1.73. The lowest BCUT2D eigenvalue weighted by molar-refractivity contribution is 0.397. The van der Waals surface area contributed by atoms with Crippen molar-refractivity contribution in [3.8, 4) is 5.88 Å². The van der Waals surface area contributed by atoms with E-state index in [1.54, 1.807) is 24.6 Å². The van der Waals surface area contributed by atoms with Gasteiger partial charge in [-0.15, -0.1) is 0 Å². The van der Waals surface area contributed by atoms with E-state index in [9.17, 15) is 0 Å². The van der Waals surface area contributed by atoms with E-state index in [4.69, 9.17) is 4.74 Å². The third kappa shape index (κ3) is 5.56. The van der Waals surface area contributed by atoms with E-state index < -0.39 is 0 Å². The van der Waals surface area contributed by atoms with Gasteiger partial charge in [0, 0.05) is 25.4 Å². The molecule has 0 radical (unpaired) electrons. The second-order valence-corrected chi connectivity index (χ2v) is 6.02. The van der Waals surface area contributed by atoms with Gasteiger partial charge in [-0.1, -0.05) is 6.92 Å². The van der Waals surface area contributed by atoms with Gasteiger partial charge in [0.25, 0.3) is 0 Å². The molecule has 2 N–H and O–H groups in total. The Morgan fingerprint density at radius 3 is 2.96 bits per heavy atom. The van der Waals surface area contributed by atoms with Crippen molar-refractivity contribution in [1.82, 2.24) is 15.6 Å². The summed E-state index contributed by atoms with van der Waals surface area (Å²) in [6.07, 6.45) is 1.74. The van der Waals surface area contributed by atoms with Crippen molar-refractivity contribution in [3.63, 3.8) is 0 Å². The summed E-state index contributed by atoms with van der Waals surface area (Å²) < 4.78 is 5.14. The molecule has 23 heavy (non-hydrogen) atoms. The molecule has 0 aliphatic heterocycles. The van der Waals surface area contributed by atoms with Crippen LogP contribution in [0.5, 0.6) is 5.88 Å². The average Bonchev–Trinajstić information content (AvgIpc) is 3.12. The number of guanidine groups is 1. The number of hydrogen-bond acceptors (Lipinski definition) is 4. The quantitative estimate of drug-likeness (QED) is 0.604. The first-order valence-electron chi connectivity index (χ1n) is 7.76. The van der Waals surface area contributed by atoms with Crippen LogP contribution in [0.25, 0.3) is 0 Å². The van der Waals surface area contributed by atoms with E-state index in [1.807, 2.05) is 12.1 Å². The highest BCUT2D eigenvalue weighted by atomic mass is 32.1. The number of ether oxygens (including phenoxy) is 1. The van der Waals surface area contributed by atoms with Crippen LogP contribution in [0.4, 0.5) is 0 Å². The van der Waals surface area contributed by atoms with Crippen LogP contribution in [0, 0.1) is 0 Å². The second kappa shape index (κ2) is 9.15. The van der Waals surface area contributed by atoms with Gasteiger partial charge >= 0.3 is 0 Å². The van der Waals surface area contributed by atoms with Crippen LogP contribution in [0.1, 0.15) is 30.9 Å². The van der Waals surface area contributed by atoms with Gasteiger partial charge in [0.1, 0.15) is 0 Å². The zero-order valence-electron chi connectivity index (χ0n) is 13.9. The molecule has 5 nitrogen and oxygen atoms in total. The Hall–Kier alpha value is -2.08. The Bertz CT molecular complexity index is 613. The van der Waals surface area contributed by atoms with Gasteiger partial charge in [-0.25, -0.2) is 9.98 Å². The van der Waals surface area contributed by atoms with Crippen LogP contribution < -0.4 is 15.4 Å². The molecule has 0 spiro atoms. The summed E-state index contributed by atoms with van der Waals surface area (Å²) in [6.45, 7) is 6.54. The first-order chi connectivity index (χ1) is 11.2. The Kier molecular flexibility index (Phi) is 6.87. The van der Waals surface area contributed by atoms with Crippen molar-refractivity contribution in [2.24, 2.45) is 4.99 Å². The normalized spacial score (nSPS) is 12.7. The van der Waals surface area contributed by atoms with Crippen LogP contribution >= 0.6 is 11.3 Å². The first kappa shape index (κ1) is 17.3. The van der Waals surface area contributed by atoms with Crippen LogP contribution in [-0.4, -0.2) is 31.1 Å². The molecule has 0 aliphatic rings. The molecule has 0 fully saturated rings. The highest BCUT2D eigenvalue weighted by Gasteiger charge is 2.07. The zero-order valence-corrected chi connectivity index (χ0v) is 14.7. The number of thiophene rings is 1. The van der Waals surface area contributed by atoms with Crippen LogP contribution in [0.3, 0.4) is 0 Å². The fourth-order valence-electron chi connectivity index (χ4n) is 2.10. The smallest absolute Gasteiger partial charge is 0.213 e. The summed E-state index contributed by atoms with van der Waals surface area (Å²) in [7, 11) is 1.62. The number of rotatable bonds is 7. The molecule has 0 saturated heterocycles. The highest BCUT2D eigenvalue weighted by Crippen LogP contribution is 2.17. The Morgan fingerprint density at radius 2 is 2.26 bits per heavy atom. The monoisotopic (exact) mass is 332 g/mol. The highest BCUT2D eigenvalue weighted by molar-refractivity contribution is 7.07. The number of hydrogen-bond donors (Lipinski definition) is 2. The number of aliphatic imine (C=N–C) groups is 1. The fraction of sp³-hybridized carbons (Fsp3) is 0.412. The maximum atomic E-state index is 5.14. The molecule has 0 aliphatic carbocycles. The van der Waals surface area contributed by atoms with Crippen molar-refractivity contribution in [1.29, 1.82) is 0 Å². The standard InChI is InChI=1S/C17H24N4OS/c1-4-18-17(20-10-13(2)15-6-8-23-12-15)21-11-14-5-7-19-16(9-14)22-3/h5-9,12-13H,4,10-11H2,1-3H3,(H2,18,20,21). The fourth-order valence-corrected chi connectivity index (χ4v) is 2.88. The molecule has 2 heterocycles. The summed E-state index contributed by atoms with van der Waals surface area (Å²) in [4.78, 5) is 8.73. The van der Waals surface area contributed by atoms with Gasteiger partial charge in [-0.3, -0.25) is 0 Å². The summed E-state index contributed by atoms with van der Waals surface area (Å²) in [6, 6.07) is 6.02. The summed E-state index contributed by atoms with van der Waals surface area (Å²) in [5.41, 5.74) is 2.43. The molecule has 1 atom stereocenters. The average molecular weight is 332 g/mol. The van der Waals surface area contributed by atoms with E-state index in [0.29, 0.717) is 18.3 Å². The van der Waals surface area contributed by atoms with Gasteiger partial charge in [-0.05, 0) is 46.9 Å². The SMILES string of the molecule is CCNC(=NCc1ccnc(OC)c1)NCC(C)c1ccsc1. The van der Waals surface area contributed by atoms with Crippen molar-refractivity contribution >= 4 is 17.3 Å². The minimum Gasteiger partial charge on any atom is -0.481 e. The van der Waals surface area contributed by atoms with Crippen molar-refractivity contribution in [3.05, 3.63) is 46.3 Å². The van der Waals surface area contributed by atoms with Crippen LogP contribution in [0.2, 0.25) is 0 Å². The Morgan fingerprint density at radius 1 is 1.39 bits per heavy atom. The summed E-state index contributed by atoms with van der Waals surface area (Å²) in [5, 5.41) is 11.0. The van der Waals surface area contributed by atoms with E-state index in [0.717, 1.165) is 24.6 Å². The van der Waals surface area contributed by atoms with Crippen LogP contribution in [0.15, 0.2) is 40.1 Å². The molecule has 2 aromatic heterocycles. The lowest BCUT2D eigenvalue weighted by Crippen LogP contribution is -2.39. The van der Waals surface area contributed by atoms with Gasteiger partial charge < -0.3 is 15.4 Å². The molecule has 0 aromatic carbocycles. The third-order valence-electron chi connectivity index (χ3n) is 3.46. The molecule has 0 amide bonds. The minimum absolute atomic E-state index is 0.450. The van der Waals surface area contributed by atoms with Gasteiger partial charge in [0.05, 0.1) is 13.7 Å². The number of methoxy groups -OCH3 is 1. The van der Waals surface area contributed by atoms with E-state index in [-0.39, 0.29) is 0 Å². The zero-order chi connectivity index (χ0) is 16.5. The van der Waals surface area contributed by atoms with E-state index >= 15 is 0 Å². The Balaban J connectivity index is 1.93. The molecular formula is C17H24N4OS. The Labute approximate surface area is 141 Å². The van der Waals surface area contributed by atoms with E-state index in [2.05, 4.69) is 51.3 Å². The van der Waals surface area contributed by atoms with E-state index in [1.165, 1.54) is 5.56 Å². The lowest BCUT2D eigenvalue weighted by atomic mass is 10.1. The molecule has 0 bridgehead atoms. The second-order valence-electron chi connectivity index (χ2n) is 5.24. The number of aromatic nitrogens is 1. The number of pyridine rings is 1. The predicted molar refractivity (Wildman–Crippen MR) is 96.3 cm³/mol. The van der Waals surface area contributed by atoms with Crippen molar-refractivity contribution in [2.45, 2.75) is 26.3 Å². The van der Waals surface area contributed by atoms with Crippen molar-refractivity contribution < 1.29 is 4.74 Å². The van der Waals surface area contributed by atoms with Gasteiger partial charge in [-0.2, -0.15) is 11.3 Å². The molecule has 6 heteroatoms. The molecule has 0 saturated carbocycles. The number of nitrogens with one attached hydrogen (secondary N) is 2. The number of nitrogens with zero attached hydrogens (tertiary/aromatic N) is 2. The topological polar surface area (TPSA) is 58.5 Å². The molecule has 1 unspecified atom stereocenters.